The smallest absolute Gasteiger partial charge is 0.00675 e. The summed E-state index contributed by atoms with van der Waals surface area (Å²) in [5.41, 5.74) is 12.3. The van der Waals surface area contributed by atoms with Crippen LogP contribution in [0.25, 0.3) is 0 Å². The number of rotatable bonds is 30. The zero-order valence-corrected chi connectivity index (χ0v) is 43.9. The van der Waals surface area contributed by atoms with Gasteiger partial charge in [0.1, 0.15) is 0 Å². The van der Waals surface area contributed by atoms with Crippen LogP contribution in [0.15, 0.2) is 97.1 Å². The van der Waals surface area contributed by atoms with Crippen LogP contribution >= 0.6 is 15.8 Å². The lowest BCUT2D eigenvalue weighted by molar-refractivity contribution is 0.781. The molecule has 0 fully saturated rings. The van der Waals surface area contributed by atoms with E-state index < -0.39 is 15.8 Å². The van der Waals surface area contributed by atoms with Crippen LogP contribution in [0, 0.1) is 0 Å². The molecule has 5 aromatic carbocycles. The molecule has 0 saturated carbocycles. The monoisotopic (exact) mass is 895 g/mol. The molecule has 0 saturated heterocycles. The van der Waals surface area contributed by atoms with Gasteiger partial charge >= 0.3 is 0 Å². The molecule has 64 heavy (non-hydrogen) atoms. The molecule has 0 nitrogen and oxygen atoms in total. The van der Waals surface area contributed by atoms with Gasteiger partial charge in [0.15, 0.2) is 0 Å². The van der Waals surface area contributed by atoms with Crippen molar-refractivity contribution in [1.29, 1.82) is 0 Å². The highest BCUT2D eigenvalue weighted by atomic mass is 31.1. The Balaban J connectivity index is 1.90. The van der Waals surface area contributed by atoms with Gasteiger partial charge in [0.05, 0.1) is 0 Å². The Hall–Kier alpha value is -3.04. The Labute approximate surface area is 396 Å². The highest BCUT2D eigenvalue weighted by molar-refractivity contribution is 7.85. The minimum Gasteiger partial charge on any atom is -0.0654 e. The lowest BCUT2D eigenvalue weighted by atomic mass is 10.0. The first-order valence-corrected chi connectivity index (χ1v) is 29.3. The van der Waals surface area contributed by atoms with Crippen LogP contribution in [-0.4, -0.2) is 0 Å². The van der Waals surface area contributed by atoms with E-state index in [1.54, 1.807) is 76.3 Å². The van der Waals surface area contributed by atoms with Crippen molar-refractivity contribution >= 4 is 47.7 Å². The first-order valence-electron chi connectivity index (χ1n) is 26.6. The van der Waals surface area contributed by atoms with Crippen LogP contribution in [0.1, 0.15) is 203 Å². The van der Waals surface area contributed by atoms with Crippen molar-refractivity contribution in [2.75, 3.05) is 0 Å². The fraction of sp³-hybridized carbons (Fsp3) is 0.516. The molecule has 0 atom stereocenters. The van der Waals surface area contributed by atoms with E-state index >= 15 is 0 Å². The van der Waals surface area contributed by atoms with Crippen molar-refractivity contribution in [2.45, 2.75) is 209 Å². The molecular formula is C62H88P2. The maximum atomic E-state index is 2.67. The Morgan fingerprint density at radius 2 is 0.422 bits per heavy atom. The normalized spacial score (nSPS) is 11.7. The van der Waals surface area contributed by atoms with E-state index in [1.807, 2.05) is 0 Å². The lowest BCUT2D eigenvalue weighted by Gasteiger charge is -2.30. The average Bonchev–Trinajstić information content (AvgIpc) is 3.31. The van der Waals surface area contributed by atoms with Crippen molar-refractivity contribution in [3.8, 4) is 0 Å². The summed E-state index contributed by atoms with van der Waals surface area (Å²) in [5, 5.41) is 9.40. The SMILES string of the molecule is CCCCc1cc(CCCC)cc(P(c2cc(CCCC)cc(CCCC)c2)c2ccccc2P(c2cc(CCCC)cc(CCCC)c2)c2cc(CCCC)cc(CCCC)c2)c1. The zero-order valence-electron chi connectivity index (χ0n) is 42.1. The molecule has 0 spiro atoms. The molecule has 5 aromatic rings. The second-order valence-corrected chi connectivity index (χ2v) is 23.4. The first-order chi connectivity index (χ1) is 31.4. The quantitative estimate of drug-likeness (QED) is 0.0403. The van der Waals surface area contributed by atoms with Crippen LogP contribution in [0.2, 0.25) is 0 Å². The van der Waals surface area contributed by atoms with E-state index in [2.05, 4.69) is 152 Å². The molecule has 0 aromatic heterocycles. The van der Waals surface area contributed by atoms with E-state index in [9.17, 15) is 0 Å². The Morgan fingerprint density at radius 1 is 0.250 bits per heavy atom. The second-order valence-electron chi connectivity index (χ2n) is 19.0. The van der Waals surface area contributed by atoms with Gasteiger partial charge in [-0.15, -0.1) is 0 Å². The fourth-order valence-electron chi connectivity index (χ4n) is 9.39. The summed E-state index contributed by atoms with van der Waals surface area (Å²) >= 11 is 0. The van der Waals surface area contributed by atoms with E-state index in [0.717, 1.165) is 51.4 Å². The second kappa shape index (κ2) is 28.9. The Morgan fingerprint density at radius 3 is 0.578 bits per heavy atom. The van der Waals surface area contributed by atoms with E-state index in [4.69, 9.17) is 0 Å². The van der Waals surface area contributed by atoms with Gasteiger partial charge in [0.25, 0.3) is 0 Å². The van der Waals surface area contributed by atoms with Crippen LogP contribution in [-0.2, 0) is 51.4 Å². The maximum absolute atomic E-state index is 2.67. The largest absolute Gasteiger partial charge is 0.0654 e. The topological polar surface area (TPSA) is 0 Å². The van der Waals surface area contributed by atoms with Gasteiger partial charge in [-0.3, -0.25) is 0 Å². The molecule has 0 N–H and O–H groups in total. The molecule has 0 aliphatic carbocycles. The predicted molar refractivity (Wildman–Crippen MR) is 293 cm³/mol. The number of unbranched alkanes of at least 4 members (excludes halogenated alkanes) is 8. The van der Waals surface area contributed by atoms with Gasteiger partial charge < -0.3 is 0 Å². The Kier molecular flexibility index (Phi) is 23.4. The summed E-state index contributed by atoms with van der Waals surface area (Å²) in [6.45, 7) is 18.8. The lowest BCUT2D eigenvalue weighted by Crippen LogP contribution is -2.35. The van der Waals surface area contributed by atoms with E-state index in [1.165, 1.54) is 103 Å². The highest BCUT2D eigenvalue weighted by Crippen LogP contribution is 2.41. The standard InChI is InChI=1S/C62H88P2/c1-9-17-27-49-37-50(28-18-10-2)42-57(41-49)63(58-43-51(29-19-11-3)38-52(44-58)30-20-12-4)61-35-25-26-36-62(61)64(59-45-53(31-21-13-5)39-54(46-59)32-22-14-6)60-47-55(33-23-15-7)40-56(48-60)34-24-16-8/h25-26,35-48H,9-24,27-34H2,1-8H3. The number of hydrogen-bond donors (Lipinski definition) is 0. The number of benzene rings is 5. The van der Waals surface area contributed by atoms with Gasteiger partial charge in [-0.2, -0.15) is 0 Å². The molecular weight excluding hydrogens is 807 g/mol. The number of aryl methyl sites for hydroxylation is 8. The summed E-state index contributed by atoms with van der Waals surface area (Å²) in [6.07, 6.45) is 29.1. The van der Waals surface area contributed by atoms with Crippen LogP contribution in [0.3, 0.4) is 0 Å². The van der Waals surface area contributed by atoms with Gasteiger partial charge in [-0.25, -0.2) is 0 Å². The minimum absolute atomic E-state index is 0.857. The average molecular weight is 895 g/mol. The van der Waals surface area contributed by atoms with Crippen LogP contribution in [0.4, 0.5) is 0 Å². The summed E-state index contributed by atoms with van der Waals surface area (Å²) < 4.78 is 0. The molecule has 346 valence electrons. The molecule has 2 heteroatoms. The maximum Gasteiger partial charge on any atom is -0.00675 e. The highest BCUT2D eigenvalue weighted by Gasteiger charge is 2.28. The summed E-state index contributed by atoms with van der Waals surface area (Å²) in [5.74, 6) is 0. The van der Waals surface area contributed by atoms with Crippen molar-refractivity contribution in [2.24, 2.45) is 0 Å². The zero-order chi connectivity index (χ0) is 45.5. The minimum atomic E-state index is -0.857. The van der Waals surface area contributed by atoms with Crippen molar-refractivity contribution < 1.29 is 0 Å². The number of hydrogen-bond acceptors (Lipinski definition) is 0. The molecule has 0 aliphatic rings. The molecule has 5 rings (SSSR count). The van der Waals surface area contributed by atoms with Gasteiger partial charge in [-0.1, -0.05) is 204 Å². The van der Waals surface area contributed by atoms with Gasteiger partial charge in [0.2, 0.25) is 0 Å². The molecule has 0 unspecified atom stereocenters. The molecule has 0 amide bonds. The van der Waals surface area contributed by atoms with Crippen LogP contribution in [0.5, 0.6) is 0 Å². The third-order valence-electron chi connectivity index (χ3n) is 13.1. The molecule has 0 aliphatic heterocycles. The summed E-state index contributed by atoms with van der Waals surface area (Å²) in [7, 11) is -1.71. The fourth-order valence-corrected chi connectivity index (χ4v) is 15.1. The van der Waals surface area contributed by atoms with Crippen molar-refractivity contribution in [3.63, 3.8) is 0 Å². The van der Waals surface area contributed by atoms with Crippen LogP contribution < -0.4 is 31.8 Å². The van der Waals surface area contributed by atoms with Crippen molar-refractivity contribution in [3.05, 3.63) is 142 Å². The molecule has 0 heterocycles. The van der Waals surface area contributed by atoms with E-state index in [0.29, 0.717) is 0 Å². The third-order valence-corrected chi connectivity index (χ3v) is 18.1. The molecule has 0 radical (unpaired) electrons. The Bertz CT molecular complexity index is 1720. The van der Waals surface area contributed by atoms with E-state index in [-0.39, 0.29) is 0 Å². The van der Waals surface area contributed by atoms with Gasteiger partial charge in [0, 0.05) is 0 Å². The third kappa shape index (κ3) is 15.8. The first kappa shape index (κ1) is 51.9. The summed E-state index contributed by atoms with van der Waals surface area (Å²) in [4.78, 5) is 0. The predicted octanol–water partition coefficient (Wildman–Crippen LogP) is 15.9. The van der Waals surface area contributed by atoms with Gasteiger partial charge in [-0.05, 0) is 195 Å². The summed E-state index contributed by atoms with van der Waals surface area (Å²) in [6, 6.07) is 41.6. The molecule has 0 bridgehead atoms. The van der Waals surface area contributed by atoms with Crippen molar-refractivity contribution in [1.82, 2.24) is 0 Å².